The minimum atomic E-state index is -3.39. The third-order valence-electron chi connectivity index (χ3n) is 15.8. The van der Waals surface area contributed by atoms with Gasteiger partial charge in [-0.1, -0.05) is 13.8 Å². The molecule has 0 aliphatic carbocycles. The number of amides is 1. The van der Waals surface area contributed by atoms with E-state index in [1.165, 1.54) is 20.8 Å². The Hall–Kier alpha value is -2.75. The molecule has 0 aromatic carbocycles. The highest BCUT2D eigenvalue weighted by Gasteiger charge is 2.63. The van der Waals surface area contributed by atoms with Crippen LogP contribution in [0.5, 0.6) is 0 Å². The number of ether oxygens (including phenoxy) is 11. The van der Waals surface area contributed by atoms with Gasteiger partial charge in [0.05, 0.1) is 70.2 Å². The number of rotatable bonds is 23. The van der Waals surface area contributed by atoms with E-state index < -0.39 is 265 Å². The maximum absolute atomic E-state index is 13.8. The van der Waals surface area contributed by atoms with Gasteiger partial charge in [-0.15, -0.1) is 0 Å². The molecule has 6 saturated heterocycles. The molecule has 0 saturated carbocycles. The Morgan fingerprint density at radius 1 is 0.524 bits per heavy atom. The van der Waals surface area contributed by atoms with Crippen LogP contribution in [0.4, 0.5) is 0 Å². The number of hydrogen-bond donors (Lipinski definition) is 21. The van der Waals surface area contributed by atoms with Gasteiger partial charge < -0.3 is 160 Å². The number of carbonyl (C=O) groups is 3. The highest BCUT2D eigenvalue weighted by molar-refractivity contribution is 5.76. The van der Waals surface area contributed by atoms with Gasteiger partial charge in [0.15, 0.2) is 18.9 Å². The van der Waals surface area contributed by atoms with Gasteiger partial charge >= 0.3 is 11.9 Å². The first kappa shape index (κ1) is 68.4. The Kier molecular flexibility index (Phi) is 23.7. The molecule has 0 bridgehead atoms. The number of carboxylic acids is 2. The van der Waals surface area contributed by atoms with E-state index in [2.05, 4.69) is 5.32 Å². The number of carboxylic acid groups (broad SMARTS) is 2. The van der Waals surface area contributed by atoms with Crippen LogP contribution in [-0.4, -0.2) is 343 Å². The van der Waals surface area contributed by atoms with Gasteiger partial charge in [0.1, 0.15) is 122 Å². The summed E-state index contributed by atoms with van der Waals surface area (Å²) >= 11 is 0. The van der Waals surface area contributed by atoms with Crippen molar-refractivity contribution in [2.45, 2.75) is 224 Å². The second-order valence-corrected chi connectivity index (χ2v) is 21.4. The van der Waals surface area contributed by atoms with Crippen LogP contribution < -0.4 is 5.32 Å². The highest BCUT2D eigenvalue weighted by Crippen LogP contribution is 2.44. The van der Waals surface area contributed by atoms with Crippen LogP contribution in [0.2, 0.25) is 0 Å². The van der Waals surface area contributed by atoms with Gasteiger partial charge in [-0.2, -0.15) is 0 Å². The van der Waals surface area contributed by atoms with Crippen molar-refractivity contribution in [3.05, 3.63) is 0 Å². The third kappa shape index (κ3) is 14.0. The molecule has 0 aromatic heterocycles. The number of aliphatic hydroxyl groups is 18. The fourth-order valence-electron chi connectivity index (χ4n) is 10.9. The average molecular weight is 1200 g/mol. The van der Waals surface area contributed by atoms with E-state index in [-0.39, 0.29) is 0 Å². The lowest BCUT2D eigenvalue weighted by atomic mass is 9.83. The Bertz CT molecular complexity index is 2070. The number of hydrogen-bond acceptors (Lipinski definition) is 32. The van der Waals surface area contributed by atoms with Gasteiger partial charge in [0.2, 0.25) is 5.91 Å². The molecule has 35 heteroatoms. The molecule has 476 valence electrons. The predicted octanol–water partition coefficient (Wildman–Crippen LogP) is -11.9. The maximum Gasteiger partial charge on any atom is 0.364 e. The lowest BCUT2D eigenvalue weighted by Gasteiger charge is -2.53. The second kappa shape index (κ2) is 28.4. The van der Waals surface area contributed by atoms with Crippen LogP contribution in [0.3, 0.4) is 0 Å². The van der Waals surface area contributed by atoms with Crippen LogP contribution in [0.25, 0.3) is 0 Å². The van der Waals surface area contributed by atoms with Crippen molar-refractivity contribution in [1.29, 1.82) is 0 Å². The zero-order valence-corrected chi connectivity index (χ0v) is 44.6. The number of nitrogens with one attached hydrogen (secondary N) is 1. The first-order valence-electron chi connectivity index (χ1n) is 26.4. The molecule has 6 heterocycles. The van der Waals surface area contributed by atoms with Crippen LogP contribution in [0.1, 0.15) is 40.5 Å². The Morgan fingerprint density at radius 3 is 1.54 bits per heavy atom. The Labute approximate surface area is 466 Å². The normalized spacial score (nSPS) is 47.2. The largest absolute Gasteiger partial charge is 0.477 e. The van der Waals surface area contributed by atoms with E-state index in [1.807, 2.05) is 0 Å². The number of carbonyl (C=O) groups excluding carboxylic acids is 1. The molecule has 0 radical (unpaired) electrons. The monoisotopic (exact) mass is 1200 g/mol. The summed E-state index contributed by atoms with van der Waals surface area (Å²) in [4.78, 5) is 39.7. The standard InChI is InChI=1S/C47H79NO34/c1-13-17(56)5-46(44(68)69,80-35(13)27(60)19(58)7-49)79-22(10-52)30(63)36-14(2)18(57)6-47(81-36,45(70)71)82-40-34(67)43(76-37-23(11-53)72-15(3)26(59)32(37)65)75-24(12-54)38(40)77-41-25(48-16(4)55)39(29(62)21(9-51)73-41)78-42-33(66)31(64)28(61)20(8-50)74-42/h13-15,17-43,49-54,56-67H,5-12H2,1-4H3,(H,48,55)(H,68,69)(H,70,71)/t13-,14-,15?,17?,18?,19-,20?,21?,22-,23?,24?,25?,26?,27-,28+,29+,30-,31+,32-,33?,34?,35-,36-,37-,38+,39-,40-,41+,42+,43+,46-,47+/m1/s1. The molecule has 21 N–H and O–H groups in total. The van der Waals surface area contributed by atoms with Gasteiger partial charge in [-0.25, -0.2) is 9.59 Å². The van der Waals surface area contributed by atoms with Gasteiger partial charge in [-0.05, 0) is 6.92 Å². The SMILES string of the molecule is CC(=O)NC1[C@H](O[C@H]2C(CO)O[C@@H](O[C@@H]3C(CO)OC(C)C(O)[C@H]3O)C(O)[C@H]2O[C@]2(C(=O)O)CC(O)[C@@H](C)[C@H]([C@H](O)[C@@H](CO)O[C@]3(C(=O)O)CC(O)[C@@H](C)[C@H]([C@H](O)[C@H](O)CO)O3)O2)OC(CO)[C@H](O)[C@@H]1O[C@@H]1OC(CO)[C@H](O)[C@H](O)C1O. The van der Waals surface area contributed by atoms with Crippen molar-refractivity contribution in [2.75, 3.05) is 39.6 Å². The summed E-state index contributed by atoms with van der Waals surface area (Å²) in [5, 5.41) is 219. The number of aliphatic carboxylic acids is 2. The molecular weight excluding hydrogens is 1120 g/mol. The molecule has 6 rings (SSSR count). The zero-order valence-electron chi connectivity index (χ0n) is 44.6. The van der Waals surface area contributed by atoms with Crippen molar-refractivity contribution < 1.29 is 169 Å². The van der Waals surface area contributed by atoms with Crippen molar-refractivity contribution in [2.24, 2.45) is 11.8 Å². The van der Waals surface area contributed by atoms with E-state index in [0.29, 0.717) is 0 Å². The van der Waals surface area contributed by atoms with Gasteiger partial charge in [0.25, 0.3) is 11.6 Å². The lowest BCUT2D eigenvalue weighted by molar-refractivity contribution is -0.403. The highest BCUT2D eigenvalue weighted by atomic mass is 16.8. The van der Waals surface area contributed by atoms with Gasteiger partial charge in [-0.3, -0.25) is 4.79 Å². The fraction of sp³-hybridized carbons (Fsp3) is 0.936. The molecule has 35 nitrogen and oxygen atoms in total. The van der Waals surface area contributed by atoms with E-state index in [0.717, 1.165) is 6.92 Å². The first-order valence-corrected chi connectivity index (χ1v) is 26.4. The van der Waals surface area contributed by atoms with Gasteiger partial charge in [0, 0.05) is 31.6 Å². The van der Waals surface area contributed by atoms with Crippen LogP contribution in [0, 0.1) is 11.8 Å². The summed E-state index contributed by atoms with van der Waals surface area (Å²) < 4.78 is 64.4. The van der Waals surface area contributed by atoms with E-state index in [4.69, 9.17) is 52.1 Å². The summed E-state index contributed by atoms with van der Waals surface area (Å²) in [6.45, 7) is -1.84. The molecule has 0 spiro atoms. The number of aliphatic hydroxyl groups excluding tert-OH is 18. The Balaban J connectivity index is 1.41. The minimum absolute atomic E-state index is 0.895. The second-order valence-electron chi connectivity index (χ2n) is 21.4. The summed E-state index contributed by atoms with van der Waals surface area (Å²) in [5.41, 5.74) is 0. The molecule has 0 aromatic rings. The molecule has 6 aliphatic heterocycles. The molecule has 82 heavy (non-hydrogen) atoms. The summed E-state index contributed by atoms with van der Waals surface area (Å²) in [5.74, 6) is -14.2. The van der Waals surface area contributed by atoms with Crippen molar-refractivity contribution >= 4 is 17.8 Å². The fourth-order valence-corrected chi connectivity index (χ4v) is 10.9. The smallest absolute Gasteiger partial charge is 0.364 e. The molecule has 1 amide bonds. The van der Waals surface area contributed by atoms with Crippen molar-refractivity contribution in [3.8, 4) is 0 Å². The summed E-state index contributed by atoms with van der Waals surface area (Å²) in [6, 6.07) is -1.90. The Morgan fingerprint density at radius 2 is 1.00 bits per heavy atom. The molecule has 11 unspecified atom stereocenters. The first-order chi connectivity index (χ1) is 38.5. The van der Waals surface area contributed by atoms with E-state index in [1.54, 1.807) is 0 Å². The topological polar surface area (TPSA) is 569 Å². The summed E-state index contributed by atoms with van der Waals surface area (Å²) in [6.07, 6.45) is -55.7. The summed E-state index contributed by atoms with van der Waals surface area (Å²) in [7, 11) is 0. The minimum Gasteiger partial charge on any atom is -0.477 e. The molecular formula is C47H79NO34. The molecule has 6 aliphatic rings. The van der Waals surface area contributed by atoms with Crippen LogP contribution in [0.15, 0.2) is 0 Å². The van der Waals surface area contributed by atoms with Crippen molar-refractivity contribution in [1.82, 2.24) is 5.32 Å². The van der Waals surface area contributed by atoms with Crippen molar-refractivity contribution in [3.63, 3.8) is 0 Å². The zero-order chi connectivity index (χ0) is 61.2. The predicted molar refractivity (Wildman–Crippen MR) is 255 cm³/mol. The van der Waals surface area contributed by atoms with E-state index in [9.17, 15) is 117 Å². The third-order valence-corrected chi connectivity index (χ3v) is 15.8. The van der Waals surface area contributed by atoms with Crippen LogP contribution >= 0.6 is 0 Å². The lowest BCUT2D eigenvalue weighted by Crippen LogP contribution is -2.71. The maximum atomic E-state index is 13.8. The quantitative estimate of drug-likeness (QED) is 0.0452. The molecule has 6 fully saturated rings. The van der Waals surface area contributed by atoms with E-state index >= 15 is 0 Å². The van der Waals surface area contributed by atoms with Crippen LogP contribution in [-0.2, 0) is 66.5 Å². The molecule has 32 atom stereocenters. The average Bonchev–Trinajstić information content (AvgIpc) is 3.52.